The van der Waals surface area contributed by atoms with Crippen LogP contribution in [0.4, 0.5) is 0 Å². The highest BCUT2D eigenvalue weighted by atomic mass is 32.2. The first-order valence-corrected chi connectivity index (χ1v) is 8.60. The maximum atomic E-state index is 12.1. The number of nitrogens with zero attached hydrogens (tertiary/aromatic N) is 1. The molecule has 0 bridgehead atoms. The van der Waals surface area contributed by atoms with E-state index in [1.807, 2.05) is 33.2 Å². The molecule has 0 aliphatic heterocycles. The summed E-state index contributed by atoms with van der Waals surface area (Å²) in [6.45, 7) is 4.00. The Hall–Kier alpha value is -0.910. The average molecular weight is 296 g/mol. The van der Waals surface area contributed by atoms with Crippen LogP contribution in [0.5, 0.6) is 0 Å². The highest BCUT2D eigenvalue weighted by Gasteiger charge is 2.38. The van der Waals surface area contributed by atoms with Crippen LogP contribution in [0, 0.1) is 6.92 Å². The van der Waals surface area contributed by atoms with Crippen LogP contribution in [0.25, 0.3) is 0 Å². The molecule has 1 saturated carbocycles. The van der Waals surface area contributed by atoms with E-state index in [1.165, 1.54) is 11.1 Å². The Kier molecular flexibility index (Phi) is 4.52. The fourth-order valence-corrected chi connectivity index (χ4v) is 4.31. The molecule has 1 aromatic carbocycles. The van der Waals surface area contributed by atoms with Crippen molar-refractivity contribution in [2.75, 3.05) is 14.1 Å². The summed E-state index contributed by atoms with van der Waals surface area (Å²) in [6.07, 6.45) is 1.58. The summed E-state index contributed by atoms with van der Waals surface area (Å²) in [4.78, 5) is 2.07. The molecule has 1 aliphatic carbocycles. The van der Waals surface area contributed by atoms with Crippen molar-refractivity contribution in [3.8, 4) is 0 Å². The van der Waals surface area contributed by atoms with E-state index in [0.29, 0.717) is 0 Å². The maximum absolute atomic E-state index is 12.1. The van der Waals surface area contributed by atoms with Crippen molar-refractivity contribution in [1.29, 1.82) is 0 Å². The van der Waals surface area contributed by atoms with Crippen molar-refractivity contribution in [3.63, 3.8) is 0 Å². The molecule has 1 fully saturated rings. The molecule has 5 heteroatoms. The highest BCUT2D eigenvalue weighted by Crippen LogP contribution is 2.30. The molecule has 2 rings (SSSR count). The Morgan fingerprint density at radius 3 is 2.35 bits per heavy atom. The van der Waals surface area contributed by atoms with Gasteiger partial charge in [-0.1, -0.05) is 24.3 Å². The number of sulfonamides is 1. The molecule has 1 aliphatic rings. The van der Waals surface area contributed by atoms with Gasteiger partial charge in [0.25, 0.3) is 0 Å². The summed E-state index contributed by atoms with van der Waals surface area (Å²) < 4.78 is 27.1. The van der Waals surface area contributed by atoms with Gasteiger partial charge in [0.05, 0.1) is 11.3 Å². The SMILES string of the molecule is Cc1ccccc1C(C(C)NS(=O)(=O)C1CC1)N(C)C. The second kappa shape index (κ2) is 5.84. The predicted molar refractivity (Wildman–Crippen MR) is 82.1 cm³/mol. The molecular formula is C15H24N2O2S. The number of hydrogen-bond donors (Lipinski definition) is 1. The first kappa shape index (κ1) is 15.5. The topological polar surface area (TPSA) is 49.4 Å². The van der Waals surface area contributed by atoms with Gasteiger partial charge in [-0.15, -0.1) is 0 Å². The standard InChI is InChI=1S/C15H24N2O2S/c1-11-7-5-6-8-14(11)15(17(3)4)12(2)16-20(18,19)13-9-10-13/h5-8,12-13,15-16H,9-10H2,1-4H3. The lowest BCUT2D eigenvalue weighted by Crippen LogP contribution is -2.43. The molecule has 0 radical (unpaired) electrons. The number of nitrogens with one attached hydrogen (secondary N) is 1. The first-order valence-electron chi connectivity index (χ1n) is 7.06. The van der Waals surface area contributed by atoms with Gasteiger partial charge >= 0.3 is 0 Å². The van der Waals surface area contributed by atoms with Crippen molar-refractivity contribution >= 4 is 10.0 Å². The molecule has 1 N–H and O–H groups in total. The van der Waals surface area contributed by atoms with Crippen LogP contribution in [0.2, 0.25) is 0 Å². The lowest BCUT2D eigenvalue weighted by molar-refractivity contribution is 0.255. The zero-order valence-corrected chi connectivity index (χ0v) is 13.4. The number of benzene rings is 1. The normalized spacial score (nSPS) is 19.1. The summed E-state index contributed by atoms with van der Waals surface area (Å²) in [7, 11) is 0.808. The zero-order chi connectivity index (χ0) is 14.9. The fourth-order valence-electron chi connectivity index (χ4n) is 2.71. The molecule has 20 heavy (non-hydrogen) atoms. The van der Waals surface area contributed by atoms with Gasteiger partial charge in [0.1, 0.15) is 0 Å². The summed E-state index contributed by atoms with van der Waals surface area (Å²) in [6, 6.07) is 8.02. The molecule has 0 heterocycles. The molecule has 1 aromatic rings. The minimum atomic E-state index is -3.16. The van der Waals surface area contributed by atoms with Crippen LogP contribution in [-0.4, -0.2) is 38.7 Å². The van der Waals surface area contributed by atoms with E-state index in [-0.39, 0.29) is 17.3 Å². The highest BCUT2D eigenvalue weighted by molar-refractivity contribution is 7.90. The Bertz CT molecular complexity index is 565. The van der Waals surface area contributed by atoms with E-state index in [4.69, 9.17) is 0 Å². The second-order valence-electron chi connectivity index (χ2n) is 5.92. The van der Waals surface area contributed by atoms with Crippen molar-refractivity contribution in [2.24, 2.45) is 0 Å². The van der Waals surface area contributed by atoms with Gasteiger partial charge in [-0.3, -0.25) is 0 Å². The van der Waals surface area contributed by atoms with Crippen molar-refractivity contribution in [2.45, 2.75) is 44.0 Å². The molecule has 2 unspecified atom stereocenters. The van der Waals surface area contributed by atoms with Crippen LogP contribution in [0.1, 0.15) is 36.9 Å². The lowest BCUT2D eigenvalue weighted by atomic mass is 9.96. The van der Waals surface area contributed by atoms with E-state index in [1.54, 1.807) is 0 Å². The number of likely N-dealkylation sites (N-methyl/N-ethyl adjacent to an activating group) is 1. The lowest BCUT2D eigenvalue weighted by Gasteiger charge is -2.32. The minimum Gasteiger partial charge on any atom is -0.301 e. The molecule has 4 nitrogen and oxygen atoms in total. The van der Waals surface area contributed by atoms with Gasteiger partial charge in [-0.2, -0.15) is 0 Å². The van der Waals surface area contributed by atoms with E-state index >= 15 is 0 Å². The molecule has 0 amide bonds. The third-order valence-corrected chi connectivity index (χ3v) is 5.90. The predicted octanol–water partition coefficient (Wildman–Crippen LogP) is 2.07. The van der Waals surface area contributed by atoms with E-state index in [0.717, 1.165) is 12.8 Å². The van der Waals surface area contributed by atoms with E-state index in [2.05, 4.69) is 28.7 Å². The summed E-state index contributed by atoms with van der Waals surface area (Å²) in [5.41, 5.74) is 2.35. The molecule has 0 saturated heterocycles. The van der Waals surface area contributed by atoms with Gasteiger partial charge in [0.2, 0.25) is 10.0 Å². The third kappa shape index (κ3) is 3.40. The van der Waals surface area contributed by atoms with Gasteiger partial charge < -0.3 is 4.90 Å². The van der Waals surface area contributed by atoms with Crippen LogP contribution < -0.4 is 4.72 Å². The molecule has 0 spiro atoms. The minimum absolute atomic E-state index is 0.0322. The quantitative estimate of drug-likeness (QED) is 0.874. The zero-order valence-electron chi connectivity index (χ0n) is 12.6. The fraction of sp³-hybridized carbons (Fsp3) is 0.600. The van der Waals surface area contributed by atoms with Crippen LogP contribution >= 0.6 is 0 Å². The monoisotopic (exact) mass is 296 g/mol. The Labute approximate surface area is 122 Å². The van der Waals surface area contributed by atoms with E-state index in [9.17, 15) is 8.42 Å². The average Bonchev–Trinajstić information content (AvgIpc) is 3.15. The summed E-state index contributed by atoms with van der Waals surface area (Å²) >= 11 is 0. The van der Waals surface area contributed by atoms with Gasteiger partial charge in [-0.25, -0.2) is 13.1 Å². The second-order valence-corrected chi connectivity index (χ2v) is 7.91. The number of rotatable bonds is 6. The van der Waals surface area contributed by atoms with Gasteiger partial charge in [-0.05, 0) is 51.9 Å². The number of hydrogen-bond acceptors (Lipinski definition) is 3. The first-order chi connectivity index (χ1) is 9.33. The molecular weight excluding hydrogens is 272 g/mol. The number of aryl methyl sites for hydroxylation is 1. The van der Waals surface area contributed by atoms with E-state index < -0.39 is 10.0 Å². The summed E-state index contributed by atoms with van der Waals surface area (Å²) in [5.74, 6) is 0. The largest absolute Gasteiger partial charge is 0.301 e. The van der Waals surface area contributed by atoms with Gasteiger partial charge in [0, 0.05) is 6.04 Å². The maximum Gasteiger partial charge on any atom is 0.214 e. The Balaban J connectivity index is 2.23. The van der Waals surface area contributed by atoms with Crippen LogP contribution in [0.3, 0.4) is 0 Å². The Morgan fingerprint density at radius 1 is 1.25 bits per heavy atom. The van der Waals surface area contributed by atoms with Gasteiger partial charge in [0.15, 0.2) is 0 Å². The van der Waals surface area contributed by atoms with Crippen molar-refractivity contribution in [1.82, 2.24) is 9.62 Å². The smallest absolute Gasteiger partial charge is 0.214 e. The third-order valence-electron chi connectivity index (χ3n) is 3.85. The Morgan fingerprint density at radius 2 is 1.85 bits per heavy atom. The molecule has 112 valence electrons. The van der Waals surface area contributed by atoms with Crippen LogP contribution in [0.15, 0.2) is 24.3 Å². The summed E-state index contributed by atoms with van der Waals surface area (Å²) in [5, 5.41) is -0.176. The molecule has 0 aromatic heterocycles. The van der Waals surface area contributed by atoms with Crippen molar-refractivity contribution in [3.05, 3.63) is 35.4 Å². The van der Waals surface area contributed by atoms with Crippen molar-refractivity contribution < 1.29 is 8.42 Å². The van der Waals surface area contributed by atoms with Crippen LogP contribution in [-0.2, 0) is 10.0 Å². The molecule has 2 atom stereocenters.